The van der Waals surface area contributed by atoms with Crippen molar-refractivity contribution < 1.29 is 31.4 Å². The van der Waals surface area contributed by atoms with Crippen molar-refractivity contribution in [1.29, 1.82) is 0 Å². The number of aromatic nitrogens is 4. The minimum atomic E-state index is -4.96. The first kappa shape index (κ1) is 27.9. The molecule has 2 aromatic carbocycles. The van der Waals surface area contributed by atoms with Crippen LogP contribution in [0.4, 0.5) is 32.3 Å². The van der Waals surface area contributed by atoms with Crippen molar-refractivity contribution in [3.63, 3.8) is 0 Å². The van der Waals surface area contributed by atoms with Gasteiger partial charge in [-0.25, -0.2) is 0 Å². The second-order valence-electron chi connectivity index (χ2n) is 9.89. The van der Waals surface area contributed by atoms with Crippen molar-refractivity contribution in [2.75, 3.05) is 4.90 Å². The fourth-order valence-electron chi connectivity index (χ4n) is 5.00. The smallest absolute Gasteiger partial charge is 0.388 e. The van der Waals surface area contributed by atoms with Gasteiger partial charge in [0.05, 0.1) is 24.3 Å². The normalized spacial score (nSPS) is 16.0. The fraction of sp³-hybridized carbons (Fsp3) is 0.500. The molecule has 0 amide bonds. The van der Waals surface area contributed by atoms with Gasteiger partial charge >= 0.3 is 12.4 Å². The van der Waals surface area contributed by atoms with Crippen molar-refractivity contribution in [3.05, 3.63) is 69.8 Å². The van der Waals surface area contributed by atoms with E-state index in [9.17, 15) is 31.4 Å². The van der Waals surface area contributed by atoms with E-state index < -0.39 is 29.6 Å². The van der Waals surface area contributed by atoms with Crippen LogP contribution in [-0.2, 0) is 32.5 Å². The van der Waals surface area contributed by atoms with E-state index in [2.05, 4.69) is 15.4 Å². The van der Waals surface area contributed by atoms with E-state index in [-0.39, 0.29) is 36.6 Å². The van der Waals surface area contributed by atoms with E-state index >= 15 is 0 Å². The highest BCUT2D eigenvalue weighted by Crippen LogP contribution is 2.38. The first-order valence-electron chi connectivity index (χ1n) is 12.4. The quantitative estimate of drug-likeness (QED) is 0.352. The van der Waals surface area contributed by atoms with Gasteiger partial charge in [-0.05, 0) is 65.8 Å². The van der Waals surface area contributed by atoms with Gasteiger partial charge in [0.25, 0.3) is 5.95 Å². The van der Waals surface area contributed by atoms with Gasteiger partial charge in [-0.15, -0.1) is 5.10 Å². The Hall–Kier alpha value is -3.15. The van der Waals surface area contributed by atoms with Crippen LogP contribution >= 0.6 is 0 Å². The molecule has 4 rings (SSSR count). The lowest BCUT2D eigenvalue weighted by atomic mass is 9.81. The lowest BCUT2D eigenvalue weighted by molar-refractivity contribution is -0.143. The predicted octanol–water partition coefficient (Wildman–Crippen LogP) is 6.38. The van der Waals surface area contributed by atoms with E-state index in [0.717, 1.165) is 42.5 Å². The average molecular weight is 542 g/mol. The van der Waals surface area contributed by atoms with Crippen LogP contribution < -0.4 is 4.90 Å². The van der Waals surface area contributed by atoms with Gasteiger partial charge in [0.1, 0.15) is 0 Å². The SMILES string of the molecule is Cc1ccc(C(O)C2CCCCC2)c(CN(Cc2cc(C(F)(F)F)cc(C(F)(F)F)c2)c2nnn(C)n2)c1. The lowest BCUT2D eigenvalue weighted by Gasteiger charge is -2.30. The van der Waals surface area contributed by atoms with Gasteiger partial charge in [0, 0.05) is 13.1 Å². The third-order valence-electron chi connectivity index (χ3n) is 6.88. The molecule has 6 nitrogen and oxygen atoms in total. The summed E-state index contributed by atoms with van der Waals surface area (Å²) in [6.07, 6.45) is -5.73. The minimum absolute atomic E-state index is 0.0399. The molecule has 1 aliphatic rings. The van der Waals surface area contributed by atoms with Gasteiger partial charge in [-0.3, -0.25) is 0 Å². The van der Waals surface area contributed by atoms with Crippen molar-refractivity contribution in [3.8, 4) is 0 Å². The Labute approximate surface area is 216 Å². The lowest BCUT2D eigenvalue weighted by Crippen LogP contribution is -2.26. The van der Waals surface area contributed by atoms with Crippen molar-refractivity contribution in [1.82, 2.24) is 20.2 Å². The van der Waals surface area contributed by atoms with Crippen LogP contribution in [0.5, 0.6) is 0 Å². The summed E-state index contributed by atoms with van der Waals surface area (Å²) in [6, 6.07) is 7.07. The zero-order valence-corrected chi connectivity index (χ0v) is 21.0. The Morgan fingerprint density at radius 1 is 0.947 bits per heavy atom. The Kier molecular flexibility index (Phi) is 8.01. The number of aliphatic hydroxyl groups is 1. The fourth-order valence-corrected chi connectivity index (χ4v) is 5.00. The van der Waals surface area contributed by atoms with Gasteiger partial charge < -0.3 is 10.0 Å². The summed E-state index contributed by atoms with van der Waals surface area (Å²) in [5.41, 5.74) is -0.724. The summed E-state index contributed by atoms with van der Waals surface area (Å²) in [5, 5.41) is 23.1. The van der Waals surface area contributed by atoms with Crippen LogP contribution in [0.2, 0.25) is 0 Å². The summed E-state index contributed by atoms with van der Waals surface area (Å²) >= 11 is 0. The number of hydrogen-bond donors (Lipinski definition) is 1. The molecule has 0 spiro atoms. The first-order chi connectivity index (χ1) is 17.8. The minimum Gasteiger partial charge on any atom is -0.388 e. The van der Waals surface area contributed by atoms with E-state index in [4.69, 9.17) is 0 Å². The topological polar surface area (TPSA) is 67.1 Å². The molecule has 1 fully saturated rings. The zero-order valence-electron chi connectivity index (χ0n) is 21.0. The molecular weight excluding hydrogens is 512 g/mol. The molecule has 1 aliphatic carbocycles. The summed E-state index contributed by atoms with van der Waals surface area (Å²) in [6.45, 7) is 1.57. The molecule has 1 atom stereocenters. The molecule has 206 valence electrons. The number of halogens is 6. The largest absolute Gasteiger partial charge is 0.416 e. The Morgan fingerprint density at radius 3 is 2.13 bits per heavy atom. The van der Waals surface area contributed by atoms with Gasteiger partial charge in [-0.2, -0.15) is 31.1 Å². The zero-order chi connectivity index (χ0) is 27.7. The number of aliphatic hydroxyl groups excluding tert-OH is 1. The molecule has 1 unspecified atom stereocenters. The summed E-state index contributed by atoms with van der Waals surface area (Å²) in [7, 11) is 1.51. The highest BCUT2D eigenvalue weighted by Gasteiger charge is 2.37. The molecule has 1 aromatic heterocycles. The van der Waals surface area contributed by atoms with Gasteiger partial charge in [0.15, 0.2) is 0 Å². The number of tetrazole rings is 1. The molecule has 38 heavy (non-hydrogen) atoms. The highest BCUT2D eigenvalue weighted by atomic mass is 19.4. The number of hydrogen-bond acceptors (Lipinski definition) is 5. The number of alkyl halides is 6. The maximum Gasteiger partial charge on any atom is 0.416 e. The molecule has 1 N–H and O–H groups in total. The van der Waals surface area contributed by atoms with E-state index in [1.807, 2.05) is 25.1 Å². The molecule has 0 saturated heterocycles. The Balaban J connectivity index is 1.73. The van der Waals surface area contributed by atoms with Crippen molar-refractivity contribution in [2.45, 2.75) is 70.6 Å². The molecule has 12 heteroatoms. The summed E-state index contributed by atoms with van der Waals surface area (Å²) < 4.78 is 80.8. The number of benzene rings is 2. The summed E-state index contributed by atoms with van der Waals surface area (Å²) in [4.78, 5) is 2.62. The van der Waals surface area contributed by atoms with E-state index in [1.165, 1.54) is 11.9 Å². The van der Waals surface area contributed by atoms with Crippen LogP contribution in [0.3, 0.4) is 0 Å². The molecule has 0 aliphatic heterocycles. The number of aryl methyl sites for hydroxylation is 2. The third-order valence-corrected chi connectivity index (χ3v) is 6.88. The van der Waals surface area contributed by atoms with Crippen LogP contribution in [-0.4, -0.2) is 25.3 Å². The monoisotopic (exact) mass is 541 g/mol. The predicted molar refractivity (Wildman–Crippen MR) is 128 cm³/mol. The van der Waals surface area contributed by atoms with Crippen molar-refractivity contribution in [2.24, 2.45) is 13.0 Å². The first-order valence-corrected chi connectivity index (χ1v) is 12.4. The van der Waals surface area contributed by atoms with Gasteiger partial charge in [0.2, 0.25) is 0 Å². The highest BCUT2D eigenvalue weighted by molar-refractivity contribution is 5.41. The Morgan fingerprint density at radius 2 is 1.58 bits per heavy atom. The molecule has 0 radical (unpaired) electrons. The summed E-state index contributed by atoms with van der Waals surface area (Å²) in [5.74, 6) is 0.115. The van der Waals surface area contributed by atoms with E-state index in [1.54, 1.807) is 0 Å². The van der Waals surface area contributed by atoms with Crippen LogP contribution in [0.25, 0.3) is 0 Å². The maximum atomic E-state index is 13.5. The second-order valence-corrected chi connectivity index (χ2v) is 9.89. The van der Waals surface area contributed by atoms with Crippen LogP contribution in [0.15, 0.2) is 36.4 Å². The average Bonchev–Trinajstić information content (AvgIpc) is 3.29. The molecule has 1 heterocycles. The van der Waals surface area contributed by atoms with Crippen LogP contribution in [0.1, 0.15) is 71.6 Å². The van der Waals surface area contributed by atoms with E-state index in [0.29, 0.717) is 23.3 Å². The molecular formula is C26H29F6N5O. The molecule has 0 bridgehead atoms. The third kappa shape index (κ3) is 6.64. The number of nitrogens with zero attached hydrogens (tertiary/aromatic N) is 5. The molecule has 1 saturated carbocycles. The standard InChI is InChI=1S/C26H29F6N5O/c1-16-8-9-22(23(38)18-6-4-3-5-7-18)19(10-16)15-37(24-33-35-36(2)34-24)14-17-11-20(25(27,28)29)13-21(12-17)26(30,31)32/h8-13,18,23,38H,3-7,14-15H2,1-2H3. The number of anilines is 1. The maximum absolute atomic E-state index is 13.5. The number of rotatable bonds is 7. The Bertz CT molecular complexity index is 1220. The van der Waals surface area contributed by atoms with Crippen molar-refractivity contribution >= 4 is 5.95 Å². The van der Waals surface area contributed by atoms with Gasteiger partial charge in [-0.1, -0.05) is 48.1 Å². The molecule has 3 aromatic rings. The van der Waals surface area contributed by atoms with Crippen LogP contribution in [0, 0.1) is 12.8 Å². The second kappa shape index (κ2) is 10.9.